The molecule has 3 nitrogen and oxygen atoms in total. The van der Waals surface area contributed by atoms with E-state index >= 15 is 0 Å². The number of aromatic nitrogens is 1. The van der Waals surface area contributed by atoms with Crippen molar-refractivity contribution in [3.05, 3.63) is 70.5 Å². The molecule has 2 N–H and O–H groups in total. The maximum Gasteiger partial charge on any atom is 0.142 e. The maximum absolute atomic E-state index is 13.8. The molecule has 0 radical (unpaired) electrons. The first-order valence-electron chi connectivity index (χ1n) is 7.23. The standard InChI is InChI=1S/C19H13ClFN3/c1-11-4-2-3-5-13(11)18-9-14(15(10-22)19(23)24-18)12-6-7-16(20)17(21)8-12/h2-9H,1H3,(H2,23,24). The lowest BCUT2D eigenvalue weighted by Gasteiger charge is -2.12. The highest BCUT2D eigenvalue weighted by atomic mass is 35.5. The first kappa shape index (κ1) is 16.0. The van der Waals surface area contributed by atoms with Crippen LogP contribution in [0.2, 0.25) is 5.02 Å². The molecule has 0 aliphatic carbocycles. The van der Waals surface area contributed by atoms with Gasteiger partial charge in [0, 0.05) is 11.1 Å². The molecule has 0 saturated heterocycles. The Hall–Kier alpha value is -2.90. The Balaban J connectivity index is 2.27. The molecule has 24 heavy (non-hydrogen) atoms. The summed E-state index contributed by atoms with van der Waals surface area (Å²) >= 11 is 5.74. The van der Waals surface area contributed by atoms with Gasteiger partial charge in [0.15, 0.2) is 0 Å². The van der Waals surface area contributed by atoms with Crippen LogP contribution in [0.3, 0.4) is 0 Å². The number of nitrogen functional groups attached to an aromatic ring is 1. The third-order valence-corrected chi connectivity index (χ3v) is 4.12. The second kappa shape index (κ2) is 6.31. The van der Waals surface area contributed by atoms with Crippen LogP contribution < -0.4 is 5.73 Å². The van der Waals surface area contributed by atoms with Crippen LogP contribution in [-0.2, 0) is 0 Å². The predicted molar refractivity (Wildman–Crippen MR) is 93.9 cm³/mol. The predicted octanol–water partition coefficient (Wildman–Crippen LogP) is 4.97. The number of aryl methyl sites for hydroxylation is 1. The third kappa shape index (κ3) is 2.82. The minimum Gasteiger partial charge on any atom is -0.383 e. The summed E-state index contributed by atoms with van der Waals surface area (Å²) in [7, 11) is 0. The zero-order chi connectivity index (χ0) is 17.3. The average Bonchev–Trinajstić information content (AvgIpc) is 2.57. The molecular formula is C19H13ClFN3. The van der Waals surface area contributed by atoms with Gasteiger partial charge in [0.2, 0.25) is 0 Å². The Bertz CT molecular complexity index is 977. The van der Waals surface area contributed by atoms with Gasteiger partial charge in [-0.05, 0) is 36.2 Å². The molecule has 1 aromatic heterocycles. The lowest BCUT2D eigenvalue weighted by Crippen LogP contribution is -2.00. The summed E-state index contributed by atoms with van der Waals surface area (Å²) in [6.45, 7) is 1.97. The van der Waals surface area contributed by atoms with Gasteiger partial charge >= 0.3 is 0 Å². The maximum atomic E-state index is 13.8. The van der Waals surface area contributed by atoms with E-state index in [1.165, 1.54) is 12.1 Å². The zero-order valence-electron chi connectivity index (χ0n) is 12.8. The number of nitrogens with two attached hydrogens (primary N) is 1. The summed E-state index contributed by atoms with van der Waals surface area (Å²) in [5, 5.41) is 9.44. The molecule has 3 rings (SSSR count). The van der Waals surface area contributed by atoms with E-state index in [1.54, 1.807) is 12.1 Å². The second-order valence-electron chi connectivity index (χ2n) is 5.37. The minimum atomic E-state index is -0.550. The van der Waals surface area contributed by atoms with Crippen molar-refractivity contribution in [1.82, 2.24) is 4.98 Å². The molecular weight excluding hydrogens is 325 g/mol. The summed E-state index contributed by atoms with van der Waals surface area (Å²) in [5.74, 6) is -0.436. The summed E-state index contributed by atoms with van der Waals surface area (Å²) in [6, 6.07) is 15.9. The van der Waals surface area contributed by atoms with Gasteiger partial charge in [-0.3, -0.25) is 0 Å². The molecule has 118 valence electrons. The van der Waals surface area contributed by atoms with Crippen LogP contribution in [0.1, 0.15) is 11.1 Å². The molecule has 0 spiro atoms. The highest BCUT2D eigenvalue weighted by molar-refractivity contribution is 6.30. The van der Waals surface area contributed by atoms with Crippen molar-refractivity contribution < 1.29 is 4.39 Å². The Morgan fingerprint density at radius 2 is 1.88 bits per heavy atom. The fraction of sp³-hybridized carbons (Fsp3) is 0.0526. The number of benzene rings is 2. The highest BCUT2D eigenvalue weighted by Gasteiger charge is 2.15. The molecule has 0 fully saturated rings. The van der Waals surface area contributed by atoms with Gasteiger partial charge in [-0.15, -0.1) is 0 Å². The van der Waals surface area contributed by atoms with Crippen molar-refractivity contribution in [3.8, 4) is 28.5 Å². The van der Waals surface area contributed by atoms with Crippen LogP contribution in [0, 0.1) is 24.1 Å². The first-order chi connectivity index (χ1) is 11.5. The lowest BCUT2D eigenvalue weighted by molar-refractivity contribution is 0.629. The average molecular weight is 338 g/mol. The Kier molecular flexibility index (Phi) is 4.20. The molecule has 0 atom stereocenters. The van der Waals surface area contributed by atoms with Crippen LogP contribution >= 0.6 is 11.6 Å². The molecule has 0 aliphatic rings. The Morgan fingerprint density at radius 3 is 2.54 bits per heavy atom. The van der Waals surface area contributed by atoms with Crippen LogP contribution in [-0.4, -0.2) is 4.98 Å². The number of hydrogen-bond donors (Lipinski definition) is 1. The number of nitrogens with zero attached hydrogens (tertiary/aromatic N) is 2. The molecule has 0 bridgehead atoms. The molecule has 3 aromatic rings. The van der Waals surface area contributed by atoms with E-state index < -0.39 is 5.82 Å². The summed E-state index contributed by atoms with van der Waals surface area (Å²) in [6.07, 6.45) is 0. The van der Waals surface area contributed by atoms with E-state index in [9.17, 15) is 9.65 Å². The van der Waals surface area contributed by atoms with Crippen LogP contribution in [0.15, 0.2) is 48.5 Å². The second-order valence-corrected chi connectivity index (χ2v) is 5.78. The SMILES string of the molecule is Cc1ccccc1-c1cc(-c2ccc(Cl)c(F)c2)c(C#N)c(N)n1. The molecule has 0 amide bonds. The molecule has 1 heterocycles. The van der Waals surface area contributed by atoms with Gasteiger partial charge in [0.25, 0.3) is 0 Å². The highest BCUT2D eigenvalue weighted by Crippen LogP contribution is 2.33. The zero-order valence-corrected chi connectivity index (χ0v) is 13.6. The molecule has 2 aromatic carbocycles. The fourth-order valence-corrected chi connectivity index (χ4v) is 2.69. The Morgan fingerprint density at radius 1 is 1.12 bits per heavy atom. The van der Waals surface area contributed by atoms with Crippen LogP contribution in [0.4, 0.5) is 10.2 Å². The van der Waals surface area contributed by atoms with Gasteiger partial charge in [-0.1, -0.05) is 41.9 Å². The van der Waals surface area contributed by atoms with Crippen molar-refractivity contribution in [1.29, 1.82) is 5.26 Å². The molecule has 5 heteroatoms. The molecule has 0 saturated carbocycles. The van der Waals surface area contributed by atoms with E-state index in [0.717, 1.165) is 11.1 Å². The van der Waals surface area contributed by atoms with Crippen molar-refractivity contribution in [2.75, 3.05) is 5.73 Å². The van der Waals surface area contributed by atoms with Crippen molar-refractivity contribution in [3.63, 3.8) is 0 Å². The van der Waals surface area contributed by atoms with Gasteiger partial charge in [0.1, 0.15) is 23.3 Å². The van der Waals surface area contributed by atoms with E-state index in [-0.39, 0.29) is 16.4 Å². The van der Waals surface area contributed by atoms with Crippen molar-refractivity contribution in [2.45, 2.75) is 6.92 Å². The van der Waals surface area contributed by atoms with Gasteiger partial charge < -0.3 is 5.73 Å². The van der Waals surface area contributed by atoms with Crippen LogP contribution in [0.25, 0.3) is 22.4 Å². The largest absolute Gasteiger partial charge is 0.383 e. The summed E-state index contributed by atoms with van der Waals surface area (Å²) < 4.78 is 13.8. The number of pyridine rings is 1. The van der Waals surface area contributed by atoms with E-state index in [0.29, 0.717) is 16.8 Å². The first-order valence-corrected chi connectivity index (χ1v) is 7.61. The topological polar surface area (TPSA) is 62.7 Å². The number of rotatable bonds is 2. The summed E-state index contributed by atoms with van der Waals surface area (Å²) in [4.78, 5) is 4.34. The van der Waals surface area contributed by atoms with Gasteiger partial charge in [-0.25, -0.2) is 9.37 Å². The van der Waals surface area contributed by atoms with Crippen LogP contribution in [0.5, 0.6) is 0 Å². The quantitative estimate of drug-likeness (QED) is 0.718. The number of halogens is 2. The number of anilines is 1. The van der Waals surface area contributed by atoms with Gasteiger partial charge in [0.05, 0.1) is 10.7 Å². The van der Waals surface area contributed by atoms with Crippen molar-refractivity contribution in [2.24, 2.45) is 0 Å². The Labute approximate surface area is 144 Å². The minimum absolute atomic E-state index is 0.0263. The normalized spacial score (nSPS) is 10.4. The number of nitriles is 1. The van der Waals surface area contributed by atoms with E-state index in [2.05, 4.69) is 4.98 Å². The van der Waals surface area contributed by atoms with Crippen molar-refractivity contribution >= 4 is 17.4 Å². The lowest BCUT2D eigenvalue weighted by atomic mass is 9.97. The fourth-order valence-electron chi connectivity index (χ4n) is 2.57. The molecule has 0 unspecified atom stereocenters. The van der Waals surface area contributed by atoms with E-state index in [1.807, 2.05) is 37.3 Å². The monoisotopic (exact) mass is 337 g/mol. The molecule has 0 aliphatic heterocycles. The summed E-state index contributed by atoms with van der Waals surface area (Å²) in [5.41, 5.74) is 9.81. The van der Waals surface area contributed by atoms with E-state index in [4.69, 9.17) is 17.3 Å². The number of hydrogen-bond acceptors (Lipinski definition) is 3. The third-order valence-electron chi connectivity index (χ3n) is 3.81. The smallest absolute Gasteiger partial charge is 0.142 e. The van der Waals surface area contributed by atoms with Gasteiger partial charge in [-0.2, -0.15) is 5.26 Å².